The van der Waals surface area contributed by atoms with Crippen molar-refractivity contribution in [1.29, 1.82) is 0 Å². The lowest BCUT2D eigenvalue weighted by Crippen LogP contribution is -2.39. The Balaban J connectivity index is 3.26. The van der Waals surface area contributed by atoms with Crippen LogP contribution in [0.15, 0.2) is 23.4 Å². The minimum absolute atomic E-state index is 0.0188. The predicted octanol–water partition coefficient (Wildman–Crippen LogP) is 0.515. The average Bonchev–Trinajstić information content (AvgIpc) is 2.35. The lowest BCUT2D eigenvalue weighted by Gasteiger charge is -2.25. The lowest BCUT2D eigenvalue weighted by atomic mass is 10.4. The first-order valence-corrected chi connectivity index (χ1v) is 7.14. The van der Waals surface area contributed by atoms with E-state index in [0.29, 0.717) is 5.69 Å². The van der Waals surface area contributed by atoms with Crippen LogP contribution in [-0.2, 0) is 10.0 Å². The summed E-state index contributed by atoms with van der Waals surface area (Å²) in [6.07, 6.45) is 1.44. The Hall–Kier alpha value is -1.18. The third-order valence-corrected chi connectivity index (χ3v) is 4.53. The van der Waals surface area contributed by atoms with Crippen LogP contribution in [0, 0.1) is 0 Å². The number of aliphatic hydroxyl groups is 1. The standard InChI is InChI=1S/C11H19N3O3S/c1-9(2)14(7-8-15)18(16,17)11-10(12-3)5-4-6-13-11/h4-6,9,12,15H,7-8H2,1-3H3. The third-order valence-electron chi connectivity index (χ3n) is 2.49. The topological polar surface area (TPSA) is 82.5 Å². The van der Waals surface area contributed by atoms with E-state index in [-0.39, 0.29) is 24.2 Å². The maximum Gasteiger partial charge on any atom is 0.262 e. The van der Waals surface area contributed by atoms with Crippen LogP contribution in [0.4, 0.5) is 5.69 Å². The van der Waals surface area contributed by atoms with Gasteiger partial charge in [-0.15, -0.1) is 0 Å². The first-order chi connectivity index (χ1) is 8.45. The highest BCUT2D eigenvalue weighted by molar-refractivity contribution is 7.89. The second-order valence-corrected chi connectivity index (χ2v) is 5.85. The Morgan fingerprint density at radius 3 is 2.67 bits per heavy atom. The molecule has 0 saturated heterocycles. The van der Waals surface area contributed by atoms with Gasteiger partial charge in [-0.3, -0.25) is 0 Å². The summed E-state index contributed by atoms with van der Waals surface area (Å²) in [5, 5.41) is 11.8. The molecule has 0 atom stereocenters. The molecule has 18 heavy (non-hydrogen) atoms. The Kier molecular flexibility index (Phi) is 5.06. The number of aromatic nitrogens is 1. The Labute approximate surface area is 108 Å². The number of pyridine rings is 1. The zero-order valence-corrected chi connectivity index (χ0v) is 11.6. The molecule has 0 spiro atoms. The summed E-state index contributed by atoms with van der Waals surface area (Å²) in [7, 11) is -2.06. The summed E-state index contributed by atoms with van der Waals surface area (Å²) >= 11 is 0. The van der Waals surface area contributed by atoms with E-state index in [0.717, 1.165) is 0 Å². The van der Waals surface area contributed by atoms with Crippen LogP contribution in [-0.4, -0.2) is 49.1 Å². The largest absolute Gasteiger partial charge is 0.395 e. The van der Waals surface area contributed by atoms with E-state index in [2.05, 4.69) is 10.3 Å². The number of sulfonamides is 1. The number of hydrogen-bond acceptors (Lipinski definition) is 5. The molecule has 102 valence electrons. The summed E-state index contributed by atoms with van der Waals surface area (Å²) < 4.78 is 26.1. The van der Waals surface area contributed by atoms with Crippen LogP contribution < -0.4 is 5.32 Å². The Morgan fingerprint density at radius 2 is 2.17 bits per heavy atom. The number of nitrogens with one attached hydrogen (secondary N) is 1. The minimum atomic E-state index is -3.71. The van der Waals surface area contributed by atoms with E-state index in [1.54, 1.807) is 33.0 Å². The second-order valence-electron chi connectivity index (χ2n) is 4.04. The molecule has 2 N–H and O–H groups in total. The molecule has 1 aromatic heterocycles. The van der Waals surface area contributed by atoms with Crippen molar-refractivity contribution >= 4 is 15.7 Å². The fourth-order valence-corrected chi connectivity index (χ4v) is 3.39. The van der Waals surface area contributed by atoms with Crippen LogP contribution in [0.25, 0.3) is 0 Å². The fraction of sp³-hybridized carbons (Fsp3) is 0.545. The zero-order chi connectivity index (χ0) is 13.8. The van der Waals surface area contributed by atoms with Gasteiger partial charge in [-0.05, 0) is 26.0 Å². The van der Waals surface area contributed by atoms with Gasteiger partial charge >= 0.3 is 0 Å². The van der Waals surface area contributed by atoms with E-state index >= 15 is 0 Å². The lowest BCUT2D eigenvalue weighted by molar-refractivity contribution is 0.236. The zero-order valence-electron chi connectivity index (χ0n) is 10.8. The van der Waals surface area contributed by atoms with Crippen LogP contribution in [0.2, 0.25) is 0 Å². The van der Waals surface area contributed by atoms with Crippen LogP contribution in [0.3, 0.4) is 0 Å². The average molecular weight is 273 g/mol. The molecule has 0 aromatic carbocycles. The predicted molar refractivity (Wildman–Crippen MR) is 69.9 cm³/mol. The normalized spacial score (nSPS) is 12.1. The van der Waals surface area contributed by atoms with E-state index in [4.69, 9.17) is 5.11 Å². The molecule has 0 aliphatic rings. The highest BCUT2D eigenvalue weighted by Gasteiger charge is 2.29. The van der Waals surface area contributed by atoms with Gasteiger partial charge in [0.05, 0.1) is 12.3 Å². The molecule has 0 saturated carbocycles. The quantitative estimate of drug-likeness (QED) is 0.789. The SMILES string of the molecule is CNc1cccnc1S(=O)(=O)N(CCO)C(C)C. The van der Waals surface area contributed by atoms with Crippen LogP contribution in [0.1, 0.15) is 13.8 Å². The van der Waals surface area contributed by atoms with Gasteiger partial charge in [-0.2, -0.15) is 4.31 Å². The number of anilines is 1. The van der Waals surface area contributed by atoms with Crippen molar-refractivity contribution in [2.24, 2.45) is 0 Å². The third kappa shape index (κ3) is 2.98. The minimum Gasteiger partial charge on any atom is -0.395 e. The highest BCUT2D eigenvalue weighted by Crippen LogP contribution is 2.22. The molecule has 1 aromatic rings. The number of aliphatic hydroxyl groups excluding tert-OH is 1. The van der Waals surface area contributed by atoms with Gasteiger partial charge in [0, 0.05) is 25.8 Å². The molecule has 1 rings (SSSR count). The molecule has 6 nitrogen and oxygen atoms in total. The van der Waals surface area contributed by atoms with Crippen molar-refractivity contribution in [3.05, 3.63) is 18.3 Å². The molecule has 0 unspecified atom stereocenters. The summed E-state index contributed by atoms with van der Waals surface area (Å²) in [5.41, 5.74) is 0.445. The number of hydrogen-bond donors (Lipinski definition) is 2. The molecule has 0 fully saturated rings. The highest BCUT2D eigenvalue weighted by atomic mass is 32.2. The first kappa shape index (κ1) is 14.9. The van der Waals surface area contributed by atoms with Crippen molar-refractivity contribution in [3.8, 4) is 0 Å². The Bertz CT molecular complexity index is 488. The molecule has 0 aliphatic heterocycles. The fourth-order valence-electron chi connectivity index (χ4n) is 1.65. The monoisotopic (exact) mass is 273 g/mol. The van der Waals surface area contributed by atoms with E-state index in [1.807, 2.05) is 0 Å². The van der Waals surface area contributed by atoms with Gasteiger partial charge in [0.25, 0.3) is 10.0 Å². The van der Waals surface area contributed by atoms with Crippen molar-refractivity contribution in [2.75, 3.05) is 25.5 Å². The molecule has 7 heteroatoms. The van der Waals surface area contributed by atoms with Crippen molar-refractivity contribution < 1.29 is 13.5 Å². The smallest absolute Gasteiger partial charge is 0.262 e. The maximum absolute atomic E-state index is 12.5. The molecule has 0 amide bonds. The first-order valence-electron chi connectivity index (χ1n) is 5.70. The summed E-state index contributed by atoms with van der Waals surface area (Å²) in [4.78, 5) is 3.93. The number of nitrogens with zero attached hydrogens (tertiary/aromatic N) is 2. The summed E-state index contributed by atoms with van der Waals surface area (Å²) in [6.45, 7) is 3.35. The van der Waals surface area contributed by atoms with Crippen LogP contribution in [0.5, 0.6) is 0 Å². The van der Waals surface area contributed by atoms with Gasteiger partial charge < -0.3 is 10.4 Å². The molecular weight excluding hydrogens is 254 g/mol. The molecule has 0 bridgehead atoms. The summed E-state index contributed by atoms with van der Waals surface area (Å²) in [6, 6.07) is 3.07. The second kappa shape index (κ2) is 6.12. The molecular formula is C11H19N3O3S. The maximum atomic E-state index is 12.5. The molecule has 1 heterocycles. The van der Waals surface area contributed by atoms with Gasteiger partial charge in [0.2, 0.25) is 0 Å². The van der Waals surface area contributed by atoms with E-state index in [1.165, 1.54) is 10.5 Å². The van der Waals surface area contributed by atoms with Gasteiger partial charge in [0.15, 0.2) is 5.03 Å². The van der Waals surface area contributed by atoms with Crippen LogP contribution >= 0.6 is 0 Å². The van der Waals surface area contributed by atoms with E-state index in [9.17, 15) is 8.42 Å². The Morgan fingerprint density at radius 1 is 1.50 bits per heavy atom. The van der Waals surface area contributed by atoms with Gasteiger partial charge in [-0.1, -0.05) is 0 Å². The van der Waals surface area contributed by atoms with Crippen molar-refractivity contribution in [2.45, 2.75) is 24.9 Å². The van der Waals surface area contributed by atoms with E-state index < -0.39 is 10.0 Å². The summed E-state index contributed by atoms with van der Waals surface area (Å²) in [5.74, 6) is 0. The van der Waals surface area contributed by atoms with Crippen molar-refractivity contribution in [1.82, 2.24) is 9.29 Å². The van der Waals surface area contributed by atoms with Gasteiger partial charge in [-0.25, -0.2) is 13.4 Å². The molecule has 0 radical (unpaired) electrons. The van der Waals surface area contributed by atoms with Crippen molar-refractivity contribution in [3.63, 3.8) is 0 Å². The number of rotatable bonds is 6. The molecule has 0 aliphatic carbocycles. The van der Waals surface area contributed by atoms with Gasteiger partial charge in [0.1, 0.15) is 0 Å².